The maximum absolute atomic E-state index is 12.5. The lowest BCUT2D eigenvalue weighted by Gasteiger charge is -2.25. The molecule has 4 heteroatoms. The standard InChI is InChI=1S/C13H22FNOS/c1-5-12(15-17(4)16)8-9-13(6-2,7-3)10-11-14/h2H,5,7-11H2,1,3-4H3/b15-12+. The monoisotopic (exact) mass is 259 g/mol. The third kappa shape index (κ3) is 6.09. The van der Waals surface area contributed by atoms with Crippen molar-refractivity contribution in [2.24, 2.45) is 9.81 Å². The Morgan fingerprint density at radius 3 is 2.47 bits per heavy atom. The summed E-state index contributed by atoms with van der Waals surface area (Å²) in [6, 6.07) is 0. The van der Waals surface area contributed by atoms with Crippen LogP contribution in [-0.4, -0.2) is 23.2 Å². The van der Waals surface area contributed by atoms with Crippen LogP contribution in [0.2, 0.25) is 0 Å². The highest BCUT2D eigenvalue weighted by Gasteiger charge is 2.25. The molecule has 0 saturated heterocycles. The second kappa shape index (κ2) is 8.54. The number of nitrogens with zero attached hydrogens (tertiary/aromatic N) is 1. The van der Waals surface area contributed by atoms with Crippen molar-refractivity contribution < 1.29 is 8.94 Å². The van der Waals surface area contributed by atoms with Crippen LogP contribution in [0.25, 0.3) is 0 Å². The molecule has 2 nitrogen and oxygen atoms in total. The molecule has 0 saturated carbocycles. The first-order chi connectivity index (χ1) is 8.03. The lowest BCUT2D eigenvalue weighted by molar-refractivity contribution is 0.289. The Kier molecular flexibility index (Phi) is 8.28. The minimum absolute atomic E-state index is 0.375. The highest BCUT2D eigenvalue weighted by molar-refractivity contribution is 7.89. The Morgan fingerprint density at radius 1 is 1.47 bits per heavy atom. The van der Waals surface area contributed by atoms with Crippen LogP contribution >= 0.6 is 0 Å². The first-order valence-corrected chi connectivity index (χ1v) is 7.48. The molecule has 0 N–H and O–H groups in total. The Morgan fingerprint density at radius 2 is 2.12 bits per heavy atom. The van der Waals surface area contributed by atoms with Crippen molar-refractivity contribution in [3.8, 4) is 12.3 Å². The zero-order valence-electron chi connectivity index (χ0n) is 11.0. The van der Waals surface area contributed by atoms with E-state index in [-0.39, 0.29) is 5.41 Å². The Labute approximate surface area is 107 Å². The number of hydrogen-bond donors (Lipinski definition) is 0. The molecule has 0 fully saturated rings. The van der Waals surface area contributed by atoms with E-state index in [1.807, 2.05) is 13.8 Å². The number of hydrogen-bond acceptors (Lipinski definition) is 2. The summed E-state index contributed by atoms with van der Waals surface area (Å²) < 4.78 is 27.6. The van der Waals surface area contributed by atoms with Crippen molar-refractivity contribution in [1.82, 2.24) is 0 Å². The van der Waals surface area contributed by atoms with E-state index < -0.39 is 18.0 Å². The van der Waals surface area contributed by atoms with Gasteiger partial charge in [0.15, 0.2) is 0 Å². The largest absolute Gasteiger partial charge is 0.592 e. The van der Waals surface area contributed by atoms with Crippen molar-refractivity contribution in [3.63, 3.8) is 0 Å². The SMILES string of the molecule is C#CC(CC)(CCF)CC/C(CC)=N/[S+](C)[O-]. The van der Waals surface area contributed by atoms with E-state index in [4.69, 9.17) is 6.42 Å². The van der Waals surface area contributed by atoms with Crippen LogP contribution in [-0.2, 0) is 11.4 Å². The van der Waals surface area contributed by atoms with Crippen LogP contribution in [0.3, 0.4) is 0 Å². The Balaban J connectivity index is 4.54. The normalized spacial score (nSPS) is 17.3. The van der Waals surface area contributed by atoms with E-state index in [9.17, 15) is 8.94 Å². The van der Waals surface area contributed by atoms with Gasteiger partial charge in [-0.2, -0.15) is 0 Å². The second-order valence-electron chi connectivity index (χ2n) is 4.15. The van der Waals surface area contributed by atoms with Gasteiger partial charge in [-0.3, -0.25) is 4.39 Å². The number of halogens is 1. The predicted octanol–water partition coefficient (Wildman–Crippen LogP) is 3.30. The maximum Gasteiger partial charge on any atom is 0.123 e. The van der Waals surface area contributed by atoms with Crippen molar-refractivity contribution in [2.45, 2.75) is 46.0 Å². The fourth-order valence-electron chi connectivity index (χ4n) is 1.76. The van der Waals surface area contributed by atoms with Gasteiger partial charge < -0.3 is 4.55 Å². The van der Waals surface area contributed by atoms with E-state index >= 15 is 0 Å². The highest BCUT2D eigenvalue weighted by atomic mass is 32.2. The molecule has 0 aliphatic heterocycles. The summed E-state index contributed by atoms with van der Waals surface area (Å²) in [7, 11) is 0. The molecule has 98 valence electrons. The van der Waals surface area contributed by atoms with Crippen LogP contribution in [0, 0.1) is 17.8 Å². The molecule has 0 aliphatic rings. The Hall–Kier alpha value is -0.530. The third-order valence-corrected chi connectivity index (χ3v) is 3.63. The summed E-state index contributed by atoms with van der Waals surface area (Å²) in [6.07, 6.45) is 10.4. The molecular formula is C13H22FNOS. The first kappa shape index (κ1) is 16.5. The van der Waals surface area contributed by atoms with Crippen LogP contribution in [0.1, 0.15) is 46.0 Å². The number of rotatable bonds is 8. The molecule has 0 aromatic carbocycles. The quantitative estimate of drug-likeness (QED) is 0.374. The van der Waals surface area contributed by atoms with E-state index in [0.29, 0.717) is 19.3 Å². The molecule has 0 aliphatic carbocycles. The number of alkyl halides is 1. The summed E-state index contributed by atoms with van der Waals surface area (Å²) in [5, 5.41) is 0. The molecule has 0 spiro atoms. The van der Waals surface area contributed by atoms with Gasteiger partial charge in [-0.15, -0.1) is 6.42 Å². The van der Waals surface area contributed by atoms with Gasteiger partial charge in [0, 0.05) is 5.41 Å². The molecule has 0 heterocycles. The summed E-state index contributed by atoms with van der Waals surface area (Å²) in [6.45, 7) is 3.57. The summed E-state index contributed by atoms with van der Waals surface area (Å²) in [5.41, 5.74) is 0.526. The number of terminal acetylenes is 1. The fourth-order valence-corrected chi connectivity index (χ4v) is 2.34. The zero-order chi connectivity index (χ0) is 13.3. The minimum Gasteiger partial charge on any atom is -0.592 e. The molecule has 0 aromatic rings. The van der Waals surface area contributed by atoms with E-state index in [0.717, 1.165) is 18.6 Å². The minimum atomic E-state index is -1.17. The van der Waals surface area contributed by atoms with Crippen LogP contribution in [0.5, 0.6) is 0 Å². The van der Waals surface area contributed by atoms with Crippen LogP contribution in [0.4, 0.5) is 4.39 Å². The molecule has 17 heavy (non-hydrogen) atoms. The Bertz CT molecular complexity index is 286. The molecule has 0 aromatic heterocycles. The van der Waals surface area contributed by atoms with Gasteiger partial charge in [0.1, 0.15) is 6.26 Å². The van der Waals surface area contributed by atoms with Crippen molar-refractivity contribution in [3.05, 3.63) is 0 Å². The second-order valence-corrected chi connectivity index (χ2v) is 5.18. The first-order valence-electron chi connectivity index (χ1n) is 5.97. The maximum atomic E-state index is 12.5. The molecule has 2 unspecified atom stereocenters. The zero-order valence-corrected chi connectivity index (χ0v) is 11.8. The van der Waals surface area contributed by atoms with Crippen molar-refractivity contribution >= 4 is 17.1 Å². The molecule has 0 bridgehead atoms. The van der Waals surface area contributed by atoms with Gasteiger partial charge in [-0.1, -0.05) is 24.2 Å². The average molecular weight is 259 g/mol. The van der Waals surface area contributed by atoms with Crippen LogP contribution < -0.4 is 0 Å². The van der Waals surface area contributed by atoms with Gasteiger partial charge in [-0.05, 0) is 32.1 Å². The van der Waals surface area contributed by atoms with Gasteiger partial charge in [-0.25, -0.2) is 0 Å². The van der Waals surface area contributed by atoms with E-state index in [1.54, 1.807) is 6.26 Å². The van der Waals surface area contributed by atoms with E-state index in [2.05, 4.69) is 10.3 Å². The lowest BCUT2D eigenvalue weighted by Crippen LogP contribution is -2.20. The average Bonchev–Trinajstić information content (AvgIpc) is 2.32. The predicted molar refractivity (Wildman–Crippen MR) is 73.2 cm³/mol. The molecule has 2 atom stereocenters. The van der Waals surface area contributed by atoms with Gasteiger partial charge in [0.05, 0.1) is 23.7 Å². The van der Waals surface area contributed by atoms with Crippen molar-refractivity contribution in [2.75, 3.05) is 12.9 Å². The summed E-state index contributed by atoms with van der Waals surface area (Å²) >= 11 is -1.17. The van der Waals surface area contributed by atoms with Crippen LogP contribution in [0.15, 0.2) is 4.40 Å². The van der Waals surface area contributed by atoms with Gasteiger partial charge >= 0.3 is 0 Å². The topological polar surface area (TPSA) is 35.4 Å². The summed E-state index contributed by atoms with van der Waals surface area (Å²) in [5.74, 6) is 2.73. The smallest absolute Gasteiger partial charge is 0.123 e. The lowest BCUT2D eigenvalue weighted by atomic mass is 9.78. The van der Waals surface area contributed by atoms with Crippen molar-refractivity contribution in [1.29, 1.82) is 0 Å². The molecular weight excluding hydrogens is 237 g/mol. The van der Waals surface area contributed by atoms with Gasteiger partial charge in [0.25, 0.3) is 0 Å². The molecule has 0 rings (SSSR count). The molecule has 0 amide bonds. The fraction of sp³-hybridized carbons (Fsp3) is 0.769. The highest BCUT2D eigenvalue weighted by Crippen LogP contribution is 2.32. The van der Waals surface area contributed by atoms with E-state index in [1.165, 1.54) is 0 Å². The third-order valence-electron chi connectivity index (χ3n) is 3.11. The van der Waals surface area contributed by atoms with Gasteiger partial charge in [0.2, 0.25) is 0 Å². The summed E-state index contributed by atoms with van der Waals surface area (Å²) in [4.78, 5) is 0. The molecule has 0 radical (unpaired) electrons.